The average molecular weight is 330 g/mol. The summed E-state index contributed by atoms with van der Waals surface area (Å²) in [5.74, 6) is -1.03. The highest BCUT2D eigenvalue weighted by Gasteiger charge is 2.31. The molecular weight excluding hydrogens is 319 g/mol. The number of rotatable bonds is 3. The molecule has 4 heteroatoms. The molecule has 1 aromatic rings. The summed E-state index contributed by atoms with van der Waals surface area (Å²) >= 11 is 2.32. The molecule has 0 saturated carbocycles. The van der Waals surface area contributed by atoms with Crippen LogP contribution in [0.25, 0.3) is 0 Å². The Balaban J connectivity index is 2.44. The Kier molecular flexibility index (Phi) is 3.28. The number of hydrogen-bond donors (Lipinski definition) is 0. The van der Waals surface area contributed by atoms with Gasteiger partial charge in [-0.15, -0.1) is 0 Å². The third-order valence-electron chi connectivity index (χ3n) is 2.77. The van der Waals surface area contributed by atoms with E-state index in [1.54, 1.807) is 6.07 Å². The first kappa shape index (κ1) is 11.6. The van der Waals surface area contributed by atoms with Gasteiger partial charge >= 0.3 is 11.9 Å². The number of benzene rings is 1. The van der Waals surface area contributed by atoms with Crippen LogP contribution in [0.5, 0.6) is 0 Å². The van der Waals surface area contributed by atoms with Crippen LogP contribution < -0.4 is 0 Å². The zero-order valence-electron chi connectivity index (χ0n) is 8.88. The Hall–Kier alpha value is -0.910. The minimum atomic E-state index is -0.524. The van der Waals surface area contributed by atoms with Crippen LogP contribution in [0.1, 0.15) is 38.3 Å². The first-order valence-electron chi connectivity index (χ1n) is 5.10. The van der Waals surface area contributed by atoms with E-state index >= 15 is 0 Å². The highest BCUT2D eigenvalue weighted by molar-refractivity contribution is 14.1. The van der Waals surface area contributed by atoms with E-state index in [0.717, 1.165) is 28.4 Å². The van der Waals surface area contributed by atoms with Gasteiger partial charge in [0.05, 0.1) is 11.1 Å². The van der Waals surface area contributed by atoms with Crippen molar-refractivity contribution >= 4 is 34.5 Å². The van der Waals surface area contributed by atoms with Crippen molar-refractivity contribution in [2.45, 2.75) is 19.8 Å². The number of carbonyl (C=O) groups is 2. The summed E-state index contributed by atoms with van der Waals surface area (Å²) in [5.41, 5.74) is 2.87. The van der Waals surface area contributed by atoms with E-state index in [4.69, 9.17) is 0 Å². The second-order valence-electron chi connectivity index (χ2n) is 3.74. The quantitative estimate of drug-likeness (QED) is 0.370. The number of fused-ring (bicyclic) bond motifs is 1. The maximum atomic E-state index is 11.5. The predicted octanol–water partition coefficient (Wildman–Crippen LogP) is 2.67. The van der Waals surface area contributed by atoms with Crippen LogP contribution in [0.2, 0.25) is 0 Å². The van der Waals surface area contributed by atoms with E-state index in [1.807, 2.05) is 13.0 Å². The zero-order valence-corrected chi connectivity index (χ0v) is 11.0. The van der Waals surface area contributed by atoms with Crippen molar-refractivity contribution in [2.24, 2.45) is 0 Å². The normalized spacial score (nSPS) is 13.9. The van der Waals surface area contributed by atoms with Crippen molar-refractivity contribution in [1.82, 2.24) is 0 Å². The fraction of sp³-hybridized carbons (Fsp3) is 0.333. The van der Waals surface area contributed by atoms with E-state index in [1.165, 1.54) is 0 Å². The number of ether oxygens (including phenoxy) is 1. The van der Waals surface area contributed by atoms with Gasteiger partial charge in [0.15, 0.2) is 0 Å². The van der Waals surface area contributed by atoms with Crippen LogP contribution in [0.3, 0.4) is 0 Å². The molecule has 0 atom stereocenters. The number of hydrogen-bond acceptors (Lipinski definition) is 3. The minimum Gasteiger partial charge on any atom is -0.386 e. The van der Waals surface area contributed by atoms with Crippen molar-refractivity contribution < 1.29 is 14.3 Å². The molecule has 3 nitrogen and oxygen atoms in total. The van der Waals surface area contributed by atoms with Crippen LogP contribution in [0.4, 0.5) is 0 Å². The molecule has 2 rings (SSSR count). The summed E-state index contributed by atoms with van der Waals surface area (Å²) in [5, 5.41) is 0. The monoisotopic (exact) mass is 330 g/mol. The molecule has 1 aliphatic rings. The number of halogens is 1. The lowest BCUT2D eigenvalue weighted by Crippen LogP contribution is -2.01. The summed E-state index contributed by atoms with van der Waals surface area (Å²) < 4.78 is 5.67. The van der Waals surface area contributed by atoms with Crippen molar-refractivity contribution in [3.63, 3.8) is 0 Å². The lowest BCUT2D eigenvalue weighted by molar-refractivity contribution is 0.0443. The third-order valence-corrected chi connectivity index (χ3v) is 3.53. The van der Waals surface area contributed by atoms with Gasteiger partial charge in [-0.25, -0.2) is 9.59 Å². The average Bonchev–Trinajstić information content (AvgIpc) is 2.54. The smallest absolute Gasteiger partial charge is 0.347 e. The molecule has 84 valence electrons. The standard InChI is InChI=1S/C12H11IO3/c1-7-8(3-2-6-13)4-5-9-10(7)12(15)16-11(9)14/h4-5H,2-3,6H2,1H3. The molecular formula is C12H11IO3. The third kappa shape index (κ3) is 1.86. The lowest BCUT2D eigenvalue weighted by Gasteiger charge is -2.06. The van der Waals surface area contributed by atoms with E-state index in [0.29, 0.717) is 11.1 Å². The van der Waals surface area contributed by atoms with Gasteiger partial charge in [-0.2, -0.15) is 0 Å². The molecule has 0 bridgehead atoms. The summed E-state index contributed by atoms with van der Waals surface area (Å²) in [6, 6.07) is 3.61. The molecule has 0 amide bonds. The van der Waals surface area contributed by atoms with E-state index < -0.39 is 11.9 Å². The molecule has 0 radical (unpaired) electrons. The SMILES string of the molecule is Cc1c(CCCI)ccc2c1C(=O)OC2=O. The van der Waals surface area contributed by atoms with Crippen molar-refractivity contribution in [3.8, 4) is 0 Å². The van der Waals surface area contributed by atoms with Crippen molar-refractivity contribution in [3.05, 3.63) is 34.4 Å². The topological polar surface area (TPSA) is 43.4 Å². The van der Waals surface area contributed by atoms with Crippen LogP contribution in [-0.4, -0.2) is 16.4 Å². The second kappa shape index (κ2) is 4.53. The Morgan fingerprint density at radius 3 is 2.69 bits per heavy atom. The van der Waals surface area contributed by atoms with Crippen molar-refractivity contribution in [2.75, 3.05) is 4.43 Å². The van der Waals surface area contributed by atoms with Gasteiger partial charge < -0.3 is 4.74 Å². The number of carbonyl (C=O) groups excluding carboxylic acids is 2. The summed E-state index contributed by atoms with van der Waals surface area (Å²) in [6.45, 7) is 1.88. The molecule has 1 aliphatic heterocycles. The molecule has 0 saturated heterocycles. The number of aryl methyl sites for hydroxylation is 1. The summed E-state index contributed by atoms with van der Waals surface area (Å²) in [6.07, 6.45) is 2.01. The van der Waals surface area contributed by atoms with Gasteiger partial charge in [0.1, 0.15) is 0 Å². The summed E-state index contributed by atoms with van der Waals surface area (Å²) in [4.78, 5) is 22.8. The van der Waals surface area contributed by atoms with E-state index in [2.05, 4.69) is 27.3 Å². The number of esters is 2. The van der Waals surface area contributed by atoms with Gasteiger partial charge in [0, 0.05) is 0 Å². The summed E-state index contributed by atoms with van der Waals surface area (Å²) in [7, 11) is 0. The van der Waals surface area contributed by atoms with Crippen LogP contribution in [0.15, 0.2) is 12.1 Å². The highest BCUT2D eigenvalue weighted by atomic mass is 127. The Morgan fingerprint density at radius 2 is 2.00 bits per heavy atom. The van der Waals surface area contributed by atoms with Crippen LogP contribution in [-0.2, 0) is 11.2 Å². The number of cyclic esters (lactones) is 2. The molecule has 0 unspecified atom stereocenters. The maximum Gasteiger partial charge on any atom is 0.347 e. The molecule has 1 heterocycles. The minimum absolute atomic E-state index is 0.403. The molecule has 16 heavy (non-hydrogen) atoms. The van der Waals surface area contributed by atoms with Crippen LogP contribution >= 0.6 is 22.6 Å². The van der Waals surface area contributed by atoms with Gasteiger partial charge in [-0.3, -0.25) is 0 Å². The molecule has 0 aliphatic carbocycles. The van der Waals surface area contributed by atoms with Gasteiger partial charge in [0.25, 0.3) is 0 Å². The Labute approximate surface area is 107 Å². The van der Waals surface area contributed by atoms with Crippen LogP contribution in [0, 0.1) is 6.92 Å². The number of alkyl halides is 1. The Bertz CT molecular complexity index is 466. The fourth-order valence-electron chi connectivity index (χ4n) is 1.91. The first-order valence-corrected chi connectivity index (χ1v) is 6.62. The van der Waals surface area contributed by atoms with E-state index in [9.17, 15) is 9.59 Å². The second-order valence-corrected chi connectivity index (χ2v) is 4.82. The largest absolute Gasteiger partial charge is 0.386 e. The molecule has 0 spiro atoms. The molecule has 0 fully saturated rings. The predicted molar refractivity (Wildman–Crippen MR) is 68.1 cm³/mol. The Morgan fingerprint density at radius 1 is 1.25 bits per heavy atom. The fourth-order valence-corrected chi connectivity index (χ4v) is 2.29. The van der Waals surface area contributed by atoms with E-state index in [-0.39, 0.29) is 0 Å². The lowest BCUT2D eigenvalue weighted by atomic mass is 9.96. The molecule has 1 aromatic carbocycles. The zero-order chi connectivity index (χ0) is 11.7. The molecule has 0 aromatic heterocycles. The maximum absolute atomic E-state index is 11.5. The first-order chi connectivity index (χ1) is 7.65. The van der Waals surface area contributed by atoms with Crippen molar-refractivity contribution in [1.29, 1.82) is 0 Å². The molecule has 0 N–H and O–H groups in total. The van der Waals surface area contributed by atoms with Gasteiger partial charge in [-0.05, 0) is 41.4 Å². The van der Waals surface area contributed by atoms with Gasteiger partial charge in [-0.1, -0.05) is 28.7 Å². The highest BCUT2D eigenvalue weighted by Crippen LogP contribution is 2.26. The van der Waals surface area contributed by atoms with Gasteiger partial charge in [0.2, 0.25) is 0 Å².